The Morgan fingerprint density at radius 1 is 0.971 bits per heavy atom. The molecule has 7 nitrogen and oxygen atoms in total. The van der Waals surface area contributed by atoms with Gasteiger partial charge >= 0.3 is 0 Å². The van der Waals surface area contributed by atoms with Crippen LogP contribution in [0.15, 0.2) is 79.3 Å². The zero-order chi connectivity index (χ0) is 24.2. The van der Waals surface area contributed by atoms with Crippen molar-refractivity contribution >= 4 is 23.3 Å². The van der Waals surface area contributed by atoms with Crippen LogP contribution in [-0.2, 0) is 6.54 Å². The molecule has 0 radical (unpaired) electrons. The van der Waals surface area contributed by atoms with Gasteiger partial charge in [-0.05, 0) is 55.0 Å². The third kappa shape index (κ3) is 5.21. The molecule has 1 N–H and O–H groups in total. The second-order valence-electron chi connectivity index (χ2n) is 8.63. The lowest BCUT2D eigenvalue weighted by atomic mass is 10.1. The summed E-state index contributed by atoms with van der Waals surface area (Å²) in [6, 6.07) is 19.3. The molecule has 0 atom stereocenters. The Morgan fingerprint density at radius 2 is 1.71 bits per heavy atom. The van der Waals surface area contributed by atoms with Crippen molar-refractivity contribution in [3.63, 3.8) is 0 Å². The molecule has 0 unspecified atom stereocenters. The van der Waals surface area contributed by atoms with Crippen LogP contribution in [0, 0.1) is 6.92 Å². The second-order valence-corrected chi connectivity index (χ2v) is 9.07. The SMILES string of the molecule is Cc1cc(CN2CCN(c3ccccn3)CC2)c(-c2ccc(Cl)cc2)n1NC(=O)c1ccncc1. The van der Waals surface area contributed by atoms with Gasteiger partial charge in [-0.3, -0.25) is 24.8 Å². The normalized spacial score (nSPS) is 14.2. The zero-order valence-corrected chi connectivity index (χ0v) is 20.3. The van der Waals surface area contributed by atoms with Crippen molar-refractivity contribution in [2.45, 2.75) is 13.5 Å². The first-order valence-corrected chi connectivity index (χ1v) is 12.0. The molecule has 8 heteroatoms. The van der Waals surface area contributed by atoms with E-state index in [1.165, 1.54) is 0 Å². The predicted molar refractivity (Wildman–Crippen MR) is 139 cm³/mol. The smallest absolute Gasteiger partial charge is 0.270 e. The van der Waals surface area contributed by atoms with E-state index in [4.69, 9.17) is 11.6 Å². The van der Waals surface area contributed by atoms with Crippen LogP contribution < -0.4 is 10.3 Å². The topological polar surface area (TPSA) is 66.3 Å². The van der Waals surface area contributed by atoms with Crippen LogP contribution in [0.2, 0.25) is 5.02 Å². The molecular formula is C27H27ClN6O. The van der Waals surface area contributed by atoms with Crippen LogP contribution >= 0.6 is 11.6 Å². The first-order chi connectivity index (χ1) is 17.1. The van der Waals surface area contributed by atoms with Gasteiger partial charge in [0.25, 0.3) is 5.91 Å². The van der Waals surface area contributed by atoms with Crippen molar-refractivity contribution in [2.75, 3.05) is 36.5 Å². The third-order valence-electron chi connectivity index (χ3n) is 6.28. The molecule has 4 heterocycles. The molecule has 3 aromatic heterocycles. The molecule has 4 aromatic rings. The van der Waals surface area contributed by atoms with Crippen LogP contribution in [0.25, 0.3) is 11.3 Å². The Morgan fingerprint density at radius 3 is 2.40 bits per heavy atom. The number of anilines is 1. The lowest BCUT2D eigenvalue weighted by Gasteiger charge is -2.35. The molecule has 35 heavy (non-hydrogen) atoms. The van der Waals surface area contributed by atoms with Crippen molar-refractivity contribution in [3.05, 3.63) is 101 Å². The van der Waals surface area contributed by atoms with E-state index in [0.717, 1.165) is 61.1 Å². The fourth-order valence-corrected chi connectivity index (χ4v) is 4.60. The summed E-state index contributed by atoms with van der Waals surface area (Å²) in [5, 5.41) is 0.677. The summed E-state index contributed by atoms with van der Waals surface area (Å²) in [5.74, 6) is 0.840. The summed E-state index contributed by atoms with van der Waals surface area (Å²) in [6.07, 6.45) is 5.08. The Bertz CT molecular complexity index is 1280. The van der Waals surface area contributed by atoms with Gasteiger partial charge in [-0.25, -0.2) is 4.98 Å². The minimum absolute atomic E-state index is 0.183. The molecule has 0 aliphatic carbocycles. The van der Waals surface area contributed by atoms with Gasteiger partial charge < -0.3 is 4.90 Å². The number of rotatable bonds is 6. The van der Waals surface area contributed by atoms with E-state index in [2.05, 4.69) is 37.3 Å². The van der Waals surface area contributed by atoms with E-state index >= 15 is 0 Å². The monoisotopic (exact) mass is 486 g/mol. The number of amides is 1. The van der Waals surface area contributed by atoms with Gasteiger partial charge in [0.2, 0.25) is 0 Å². The number of aromatic nitrogens is 3. The molecule has 0 saturated carbocycles. The minimum atomic E-state index is -0.183. The van der Waals surface area contributed by atoms with Gasteiger partial charge in [0.1, 0.15) is 5.82 Å². The highest BCUT2D eigenvalue weighted by Crippen LogP contribution is 2.29. The minimum Gasteiger partial charge on any atom is -0.354 e. The maximum atomic E-state index is 13.0. The van der Waals surface area contributed by atoms with Crippen molar-refractivity contribution < 1.29 is 4.79 Å². The van der Waals surface area contributed by atoms with Gasteiger partial charge in [-0.1, -0.05) is 29.8 Å². The van der Waals surface area contributed by atoms with Crippen molar-refractivity contribution in [1.82, 2.24) is 19.5 Å². The lowest BCUT2D eigenvalue weighted by Crippen LogP contribution is -2.46. The Balaban J connectivity index is 1.40. The fourth-order valence-electron chi connectivity index (χ4n) is 4.48. The molecule has 1 aliphatic rings. The first kappa shape index (κ1) is 23.1. The average molecular weight is 487 g/mol. The number of benzene rings is 1. The summed E-state index contributed by atoms with van der Waals surface area (Å²) in [4.78, 5) is 26.2. The quantitative estimate of drug-likeness (QED) is 0.431. The average Bonchev–Trinajstić information content (AvgIpc) is 3.20. The molecule has 1 amide bonds. The summed E-state index contributed by atoms with van der Waals surface area (Å²) >= 11 is 6.17. The first-order valence-electron chi connectivity index (χ1n) is 11.7. The molecule has 1 aromatic carbocycles. The van der Waals surface area contributed by atoms with Crippen LogP contribution in [0.5, 0.6) is 0 Å². The number of piperazine rings is 1. The highest BCUT2D eigenvalue weighted by molar-refractivity contribution is 6.30. The summed E-state index contributed by atoms with van der Waals surface area (Å²) < 4.78 is 1.88. The van der Waals surface area contributed by atoms with E-state index < -0.39 is 0 Å². The van der Waals surface area contributed by atoms with Gasteiger partial charge in [-0.15, -0.1) is 0 Å². The Hall–Kier alpha value is -3.68. The predicted octanol–water partition coefficient (Wildman–Crippen LogP) is 4.61. The van der Waals surface area contributed by atoms with Gasteiger partial charge in [0.05, 0.1) is 5.69 Å². The van der Waals surface area contributed by atoms with E-state index in [-0.39, 0.29) is 5.91 Å². The van der Waals surface area contributed by atoms with Gasteiger partial charge in [0, 0.05) is 73.2 Å². The summed E-state index contributed by atoms with van der Waals surface area (Å²) in [7, 11) is 0. The lowest BCUT2D eigenvalue weighted by molar-refractivity contribution is 0.101. The Labute approximate surface area is 210 Å². The summed E-state index contributed by atoms with van der Waals surface area (Å²) in [6.45, 7) is 6.51. The second kappa shape index (κ2) is 10.3. The van der Waals surface area contributed by atoms with Crippen LogP contribution in [-0.4, -0.2) is 51.6 Å². The number of aryl methyl sites for hydroxylation is 1. The standard InChI is InChI=1S/C27H27ClN6O/c1-20-18-23(19-32-14-16-33(17-15-32)25-4-2-3-11-30-25)26(21-5-7-24(28)8-6-21)34(20)31-27(35)22-9-12-29-13-10-22/h2-13,18H,14-17,19H2,1H3,(H,31,35). The number of hydrogen-bond acceptors (Lipinski definition) is 5. The molecule has 178 valence electrons. The fraction of sp³-hybridized carbons (Fsp3) is 0.222. The zero-order valence-electron chi connectivity index (χ0n) is 19.6. The molecule has 1 aliphatic heterocycles. The number of nitrogens with one attached hydrogen (secondary N) is 1. The van der Waals surface area contributed by atoms with E-state index in [9.17, 15) is 4.79 Å². The molecule has 1 fully saturated rings. The number of halogens is 1. The van der Waals surface area contributed by atoms with E-state index in [1.807, 2.05) is 54.2 Å². The molecule has 1 saturated heterocycles. The van der Waals surface area contributed by atoms with E-state index in [0.29, 0.717) is 10.6 Å². The number of hydrogen-bond donors (Lipinski definition) is 1. The maximum absolute atomic E-state index is 13.0. The van der Waals surface area contributed by atoms with Crippen molar-refractivity contribution in [2.24, 2.45) is 0 Å². The third-order valence-corrected chi connectivity index (χ3v) is 6.53. The largest absolute Gasteiger partial charge is 0.354 e. The summed E-state index contributed by atoms with van der Waals surface area (Å²) in [5.41, 5.74) is 7.72. The Kier molecular flexibility index (Phi) is 6.79. The molecule has 0 bridgehead atoms. The maximum Gasteiger partial charge on any atom is 0.270 e. The van der Waals surface area contributed by atoms with Gasteiger partial charge in [-0.2, -0.15) is 0 Å². The van der Waals surface area contributed by atoms with Crippen LogP contribution in [0.3, 0.4) is 0 Å². The molecule has 5 rings (SSSR count). The number of carbonyl (C=O) groups is 1. The van der Waals surface area contributed by atoms with Crippen molar-refractivity contribution in [1.29, 1.82) is 0 Å². The van der Waals surface area contributed by atoms with E-state index in [1.54, 1.807) is 24.5 Å². The highest BCUT2D eigenvalue weighted by Gasteiger charge is 2.22. The van der Waals surface area contributed by atoms with Crippen molar-refractivity contribution in [3.8, 4) is 11.3 Å². The molecule has 0 spiro atoms. The number of pyridine rings is 2. The number of nitrogens with zero attached hydrogens (tertiary/aromatic N) is 5. The molecular weight excluding hydrogens is 460 g/mol. The van der Waals surface area contributed by atoms with Gasteiger partial charge in [0.15, 0.2) is 0 Å². The number of carbonyl (C=O) groups excluding carboxylic acids is 1. The highest BCUT2D eigenvalue weighted by atomic mass is 35.5. The van der Waals surface area contributed by atoms with Crippen LogP contribution in [0.1, 0.15) is 21.6 Å². The van der Waals surface area contributed by atoms with Crippen LogP contribution in [0.4, 0.5) is 5.82 Å².